The number of nitrogens with one attached hydrogen (secondary N) is 1. The van der Waals surface area contributed by atoms with E-state index in [2.05, 4.69) is 5.32 Å². The maximum absolute atomic E-state index is 12.3. The Morgan fingerprint density at radius 2 is 1.81 bits per heavy atom. The van der Waals surface area contributed by atoms with Crippen LogP contribution in [0.2, 0.25) is 0 Å². The number of hydrogen-bond acceptors (Lipinski definition) is 4. The van der Waals surface area contributed by atoms with Crippen LogP contribution in [0.1, 0.15) is 29.3 Å². The fourth-order valence-electron chi connectivity index (χ4n) is 2.73. The Labute approximate surface area is 151 Å². The van der Waals surface area contributed by atoms with Crippen molar-refractivity contribution in [3.8, 4) is 0 Å². The number of aryl methyl sites for hydroxylation is 1. The average molecular weight is 351 g/mol. The van der Waals surface area contributed by atoms with Crippen molar-refractivity contribution in [2.75, 3.05) is 6.54 Å². The van der Waals surface area contributed by atoms with E-state index in [1.54, 1.807) is 31.2 Å². The predicted octanol–water partition coefficient (Wildman–Crippen LogP) is 2.91. The van der Waals surface area contributed by atoms with Crippen LogP contribution in [0.5, 0.6) is 0 Å². The lowest BCUT2D eigenvalue weighted by Gasteiger charge is -2.23. The average Bonchev–Trinajstić information content (AvgIpc) is 2.65. The second kappa shape index (κ2) is 7.54. The van der Waals surface area contributed by atoms with Gasteiger partial charge in [-0.3, -0.25) is 4.79 Å². The molecule has 3 rings (SSSR count). The molecule has 0 aliphatic heterocycles. The normalized spacial score (nSPS) is 13.3. The standard InChI is InChI=1S/C21H21NO4/c1-21(25,12-11-15-7-3-2-4-8-15)14-22-19(23)17-13-16-9-5-6-10-18(16)26-20(17)24/h2-10,13,25H,11-12,14H2,1H3,(H,22,23). The third-order valence-corrected chi connectivity index (χ3v) is 4.31. The quantitative estimate of drug-likeness (QED) is 0.669. The lowest BCUT2D eigenvalue weighted by Crippen LogP contribution is -2.42. The second-order valence-electron chi connectivity index (χ2n) is 6.65. The molecule has 5 nitrogen and oxygen atoms in total. The number of para-hydroxylation sites is 1. The molecular formula is C21H21NO4. The summed E-state index contributed by atoms with van der Waals surface area (Å²) >= 11 is 0. The van der Waals surface area contributed by atoms with E-state index >= 15 is 0 Å². The number of aliphatic hydroxyl groups is 1. The van der Waals surface area contributed by atoms with Crippen LogP contribution in [-0.2, 0) is 6.42 Å². The van der Waals surface area contributed by atoms with E-state index in [-0.39, 0.29) is 12.1 Å². The zero-order valence-electron chi connectivity index (χ0n) is 14.6. The van der Waals surface area contributed by atoms with Gasteiger partial charge in [0.25, 0.3) is 5.91 Å². The van der Waals surface area contributed by atoms with Gasteiger partial charge < -0.3 is 14.8 Å². The van der Waals surface area contributed by atoms with Crippen LogP contribution >= 0.6 is 0 Å². The molecule has 0 spiro atoms. The smallest absolute Gasteiger partial charge is 0.349 e. The minimum absolute atomic E-state index is 0.0466. The van der Waals surface area contributed by atoms with Crippen molar-refractivity contribution in [1.82, 2.24) is 5.32 Å². The molecule has 0 radical (unpaired) electrons. The highest BCUT2D eigenvalue weighted by Crippen LogP contribution is 2.15. The fourth-order valence-corrected chi connectivity index (χ4v) is 2.73. The zero-order valence-corrected chi connectivity index (χ0v) is 14.6. The van der Waals surface area contributed by atoms with Crippen molar-refractivity contribution in [3.05, 3.63) is 82.2 Å². The summed E-state index contributed by atoms with van der Waals surface area (Å²) in [5, 5.41) is 13.8. The maximum atomic E-state index is 12.3. The van der Waals surface area contributed by atoms with E-state index in [0.29, 0.717) is 23.8 Å². The van der Waals surface area contributed by atoms with Crippen molar-refractivity contribution in [2.45, 2.75) is 25.4 Å². The molecule has 0 fully saturated rings. The topological polar surface area (TPSA) is 79.5 Å². The number of carbonyl (C=O) groups is 1. The van der Waals surface area contributed by atoms with Crippen molar-refractivity contribution in [1.29, 1.82) is 0 Å². The molecule has 1 unspecified atom stereocenters. The van der Waals surface area contributed by atoms with E-state index in [9.17, 15) is 14.7 Å². The highest BCUT2D eigenvalue weighted by molar-refractivity contribution is 5.96. The third-order valence-electron chi connectivity index (χ3n) is 4.31. The van der Waals surface area contributed by atoms with E-state index in [0.717, 1.165) is 5.56 Å². The first-order valence-electron chi connectivity index (χ1n) is 8.52. The summed E-state index contributed by atoms with van der Waals surface area (Å²) in [6.45, 7) is 1.71. The van der Waals surface area contributed by atoms with Gasteiger partial charge in [0.1, 0.15) is 11.1 Å². The molecular weight excluding hydrogens is 330 g/mol. The lowest BCUT2D eigenvalue weighted by molar-refractivity contribution is 0.0477. The van der Waals surface area contributed by atoms with Gasteiger partial charge in [0.2, 0.25) is 0 Å². The Morgan fingerprint density at radius 1 is 1.12 bits per heavy atom. The first-order chi connectivity index (χ1) is 12.4. The molecule has 0 aliphatic rings. The number of fused-ring (bicyclic) bond motifs is 1. The highest BCUT2D eigenvalue weighted by atomic mass is 16.4. The van der Waals surface area contributed by atoms with Gasteiger partial charge in [-0.1, -0.05) is 48.5 Å². The molecule has 2 aromatic carbocycles. The number of hydrogen-bond donors (Lipinski definition) is 2. The molecule has 0 saturated heterocycles. The summed E-state index contributed by atoms with van der Waals surface area (Å²) in [6, 6.07) is 18.3. The van der Waals surface area contributed by atoms with E-state index in [1.807, 2.05) is 30.3 Å². The van der Waals surface area contributed by atoms with E-state index < -0.39 is 17.1 Å². The Balaban J connectivity index is 1.64. The Morgan fingerprint density at radius 3 is 2.58 bits per heavy atom. The predicted molar refractivity (Wildman–Crippen MR) is 100 cm³/mol. The number of benzene rings is 2. The minimum Gasteiger partial charge on any atom is -0.422 e. The van der Waals surface area contributed by atoms with Gasteiger partial charge in [-0.05, 0) is 37.5 Å². The summed E-state index contributed by atoms with van der Waals surface area (Å²) in [6.07, 6.45) is 1.19. The monoisotopic (exact) mass is 351 g/mol. The molecule has 134 valence electrons. The molecule has 26 heavy (non-hydrogen) atoms. The number of rotatable bonds is 6. The van der Waals surface area contributed by atoms with Crippen molar-refractivity contribution in [3.63, 3.8) is 0 Å². The Bertz CT molecular complexity index is 960. The molecule has 0 saturated carbocycles. The fraction of sp³-hybridized carbons (Fsp3) is 0.238. The van der Waals surface area contributed by atoms with E-state index in [4.69, 9.17) is 4.42 Å². The largest absolute Gasteiger partial charge is 0.422 e. The SMILES string of the molecule is CC(O)(CCc1ccccc1)CNC(=O)c1cc2ccccc2oc1=O. The highest BCUT2D eigenvalue weighted by Gasteiger charge is 2.22. The summed E-state index contributed by atoms with van der Waals surface area (Å²) < 4.78 is 5.17. The van der Waals surface area contributed by atoms with E-state index in [1.165, 1.54) is 6.07 Å². The molecule has 0 bridgehead atoms. The summed E-state index contributed by atoms with van der Waals surface area (Å²) in [7, 11) is 0. The molecule has 1 atom stereocenters. The summed E-state index contributed by atoms with van der Waals surface area (Å²) in [5.41, 5.74) is -0.284. The van der Waals surface area contributed by atoms with Gasteiger partial charge in [0, 0.05) is 11.9 Å². The van der Waals surface area contributed by atoms with Gasteiger partial charge in [0.15, 0.2) is 0 Å². The van der Waals surface area contributed by atoms with Gasteiger partial charge in [-0.15, -0.1) is 0 Å². The Kier molecular flexibility index (Phi) is 5.19. The zero-order chi connectivity index (χ0) is 18.6. The van der Waals surface area contributed by atoms with Crippen LogP contribution in [0.25, 0.3) is 11.0 Å². The van der Waals surface area contributed by atoms with Gasteiger partial charge in [-0.2, -0.15) is 0 Å². The molecule has 1 aromatic heterocycles. The molecule has 0 aliphatic carbocycles. The molecule has 1 heterocycles. The second-order valence-corrected chi connectivity index (χ2v) is 6.65. The summed E-state index contributed by atoms with van der Waals surface area (Å²) in [5.74, 6) is -0.551. The third kappa shape index (κ3) is 4.37. The molecule has 5 heteroatoms. The summed E-state index contributed by atoms with van der Waals surface area (Å²) in [4.78, 5) is 24.4. The lowest BCUT2D eigenvalue weighted by atomic mass is 9.96. The van der Waals surface area contributed by atoms with Crippen LogP contribution in [0.15, 0.2) is 69.9 Å². The minimum atomic E-state index is -1.08. The maximum Gasteiger partial charge on any atom is 0.349 e. The van der Waals surface area contributed by atoms with Gasteiger partial charge in [-0.25, -0.2) is 4.79 Å². The number of amides is 1. The van der Waals surface area contributed by atoms with Crippen LogP contribution in [-0.4, -0.2) is 23.2 Å². The van der Waals surface area contributed by atoms with Crippen molar-refractivity contribution >= 4 is 16.9 Å². The van der Waals surface area contributed by atoms with Gasteiger partial charge >= 0.3 is 5.63 Å². The van der Waals surface area contributed by atoms with Crippen molar-refractivity contribution in [2.24, 2.45) is 0 Å². The van der Waals surface area contributed by atoms with Crippen LogP contribution in [0.3, 0.4) is 0 Å². The van der Waals surface area contributed by atoms with Gasteiger partial charge in [0.05, 0.1) is 5.60 Å². The Hall–Kier alpha value is -2.92. The number of carbonyl (C=O) groups excluding carboxylic acids is 1. The van der Waals surface area contributed by atoms with Crippen LogP contribution in [0.4, 0.5) is 0 Å². The molecule has 2 N–H and O–H groups in total. The first kappa shape index (κ1) is 17.9. The molecule has 1 amide bonds. The van der Waals surface area contributed by atoms with Crippen molar-refractivity contribution < 1.29 is 14.3 Å². The molecule has 3 aromatic rings. The first-order valence-corrected chi connectivity index (χ1v) is 8.52. The van der Waals surface area contributed by atoms with Crippen LogP contribution < -0.4 is 10.9 Å². The van der Waals surface area contributed by atoms with Crippen LogP contribution in [0, 0.1) is 0 Å².